The highest BCUT2D eigenvalue weighted by molar-refractivity contribution is 5.92. The first kappa shape index (κ1) is 28.4. The van der Waals surface area contributed by atoms with Crippen LogP contribution in [0.2, 0.25) is 0 Å². The maximum atomic E-state index is 14.4. The van der Waals surface area contributed by atoms with Gasteiger partial charge in [-0.25, -0.2) is 5.01 Å². The van der Waals surface area contributed by atoms with E-state index in [2.05, 4.69) is 4.98 Å². The van der Waals surface area contributed by atoms with E-state index >= 15 is 0 Å². The lowest BCUT2D eigenvalue weighted by Gasteiger charge is -2.55. The lowest BCUT2D eigenvalue weighted by molar-refractivity contribution is -0.204. The van der Waals surface area contributed by atoms with Crippen molar-refractivity contribution in [2.45, 2.75) is 44.4 Å². The van der Waals surface area contributed by atoms with E-state index in [-0.39, 0.29) is 55.4 Å². The SMILES string of the molecule is C[C@@H](c1cccc2cccnc12)N1CC2N(C(=O)CN(C)N2C(=O)CCc2ccccc2)[C@@H](Cc2ccc(O)cc2)C1=O. The Bertz CT molecular complexity index is 1640. The zero-order valence-corrected chi connectivity index (χ0v) is 24.3. The van der Waals surface area contributed by atoms with E-state index in [1.807, 2.05) is 67.6 Å². The number of aromatic nitrogens is 1. The molecule has 0 bridgehead atoms. The van der Waals surface area contributed by atoms with Crippen LogP contribution < -0.4 is 0 Å². The molecule has 1 aromatic heterocycles. The number of hydrazine groups is 1. The van der Waals surface area contributed by atoms with Gasteiger partial charge in [0.15, 0.2) is 0 Å². The van der Waals surface area contributed by atoms with Crippen molar-refractivity contribution < 1.29 is 19.5 Å². The highest BCUT2D eigenvalue weighted by Crippen LogP contribution is 2.34. The predicted octanol–water partition coefficient (Wildman–Crippen LogP) is 3.93. The number of rotatable bonds is 7. The number of amides is 3. The zero-order chi connectivity index (χ0) is 30.1. The van der Waals surface area contributed by atoms with Crippen molar-refractivity contribution in [2.75, 3.05) is 20.1 Å². The van der Waals surface area contributed by atoms with Crippen LogP contribution in [0.15, 0.2) is 91.1 Å². The van der Waals surface area contributed by atoms with Gasteiger partial charge in [-0.3, -0.25) is 24.4 Å². The van der Waals surface area contributed by atoms with Gasteiger partial charge < -0.3 is 14.9 Å². The molecule has 2 saturated heterocycles. The van der Waals surface area contributed by atoms with E-state index < -0.39 is 12.2 Å². The quantitative estimate of drug-likeness (QED) is 0.358. The number of hydrogen-bond donors (Lipinski definition) is 1. The first-order valence-electron chi connectivity index (χ1n) is 14.6. The van der Waals surface area contributed by atoms with E-state index in [1.165, 1.54) is 0 Å². The van der Waals surface area contributed by atoms with Gasteiger partial charge in [0.2, 0.25) is 17.7 Å². The summed E-state index contributed by atoms with van der Waals surface area (Å²) in [5.41, 5.74) is 3.59. The number of aryl methyl sites for hydroxylation is 1. The first-order valence-corrected chi connectivity index (χ1v) is 14.6. The maximum absolute atomic E-state index is 14.4. The first-order chi connectivity index (χ1) is 20.8. The fourth-order valence-corrected chi connectivity index (χ4v) is 6.38. The number of pyridine rings is 1. The van der Waals surface area contributed by atoms with Crippen molar-refractivity contribution in [3.63, 3.8) is 0 Å². The number of para-hydroxylation sites is 1. The Morgan fingerprint density at radius 3 is 2.47 bits per heavy atom. The molecule has 0 saturated carbocycles. The number of hydrogen-bond acceptors (Lipinski definition) is 6. The lowest BCUT2D eigenvalue weighted by atomic mass is 9.95. The number of carbonyl (C=O) groups is 3. The van der Waals surface area contributed by atoms with Crippen molar-refractivity contribution >= 4 is 28.6 Å². The maximum Gasteiger partial charge on any atom is 0.246 e. The summed E-state index contributed by atoms with van der Waals surface area (Å²) in [6.45, 7) is 2.14. The zero-order valence-electron chi connectivity index (χ0n) is 24.3. The molecule has 0 aliphatic carbocycles. The van der Waals surface area contributed by atoms with Gasteiger partial charge in [0.25, 0.3) is 0 Å². The molecule has 0 spiro atoms. The van der Waals surface area contributed by atoms with Crippen molar-refractivity contribution in [2.24, 2.45) is 0 Å². The molecule has 220 valence electrons. The van der Waals surface area contributed by atoms with Gasteiger partial charge in [0.1, 0.15) is 18.0 Å². The summed E-state index contributed by atoms with van der Waals surface area (Å²) >= 11 is 0. The number of carbonyl (C=O) groups excluding carboxylic acids is 3. The molecule has 1 N–H and O–H groups in total. The summed E-state index contributed by atoms with van der Waals surface area (Å²) in [6.07, 6.45) is 2.18. The molecule has 1 unspecified atom stereocenters. The van der Waals surface area contributed by atoms with Crippen LogP contribution >= 0.6 is 0 Å². The molecule has 4 aromatic rings. The summed E-state index contributed by atoms with van der Waals surface area (Å²) in [5, 5.41) is 14.2. The normalized spacial score (nSPS) is 19.9. The second-order valence-electron chi connectivity index (χ2n) is 11.3. The lowest BCUT2D eigenvalue weighted by Crippen LogP contribution is -2.75. The predicted molar refractivity (Wildman–Crippen MR) is 162 cm³/mol. The Hall–Kier alpha value is -4.76. The van der Waals surface area contributed by atoms with Gasteiger partial charge in [-0.2, -0.15) is 0 Å². The van der Waals surface area contributed by atoms with Crippen molar-refractivity contribution in [3.05, 3.63) is 108 Å². The average molecular weight is 578 g/mol. The van der Waals surface area contributed by atoms with Crippen LogP contribution in [-0.4, -0.2) is 80.0 Å². The largest absolute Gasteiger partial charge is 0.508 e. The van der Waals surface area contributed by atoms with Gasteiger partial charge in [0.05, 0.1) is 24.6 Å². The number of nitrogens with zero attached hydrogens (tertiary/aromatic N) is 5. The number of benzene rings is 3. The summed E-state index contributed by atoms with van der Waals surface area (Å²) in [6, 6.07) is 25.2. The third-order valence-corrected chi connectivity index (χ3v) is 8.56. The molecule has 9 nitrogen and oxygen atoms in total. The molecule has 3 heterocycles. The highest BCUT2D eigenvalue weighted by Gasteiger charge is 2.51. The second-order valence-corrected chi connectivity index (χ2v) is 11.3. The van der Waals surface area contributed by atoms with Crippen LogP contribution in [0, 0.1) is 0 Å². The number of phenolic OH excluding ortho intramolecular Hbond substituents is 1. The highest BCUT2D eigenvalue weighted by atomic mass is 16.3. The van der Waals surface area contributed by atoms with E-state index in [0.717, 1.165) is 27.6 Å². The van der Waals surface area contributed by atoms with Crippen LogP contribution in [0.5, 0.6) is 5.75 Å². The number of likely N-dealkylation sites (N-methyl/N-ethyl adjacent to an activating group) is 1. The minimum atomic E-state index is -0.820. The summed E-state index contributed by atoms with van der Waals surface area (Å²) in [7, 11) is 1.75. The second kappa shape index (κ2) is 11.9. The van der Waals surface area contributed by atoms with E-state index in [9.17, 15) is 19.5 Å². The van der Waals surface area contributed by atoms with Crippen LogP contribution in [0.4, 0.5) is 0 Å². The molecule has 43 heavy (non-hydrogen) atoms. The topological polar surface area (TPSA) is 97.3 Å². The third-order valence-electron chi connectivity index (χ3n) is 8.56. The van der Waals surface area contributed by atoms with Gasteiger partial charge >= 0.3 is 0 Å². The smallest absolute Gasteiger partial charge is 0.246 e. The Balaban J connectivity index is 1.37. The van der Waals surface area contributed by atoms with Crippen molar-refractivity contribution in [3.8, 4) is 5.75 Å². The van der Waals surface area contributed by atoms with E-state index in [0.29, 0.717) is 6.42 Å². The van der Waals surface area contributed by atoms with Gasteiger partial charge in [-0.05, 0) is 42.7 Å². The Labute approximate surface area is 250 Å². The number of fused-ring (bicyclic) bond motifs is 2. The standard InChI is InChI=1S/C34H35N5O4/c1-23(28-12-6-10-26-11-7-19-35-33(26)28)37-21-30-38(29(34(37)43)20-25-13-16-27(40)17-14-25)32(42)22-36(2)39(30)31(41)18-15-24-8-4-3-5-9-24/h3-14,16-17,19,23,29-30,40H,15,18,20-22H2,1-2H3/t23-,29-,30?/m0/s1. The molecule has 0 radical (unpaired) electrons. The van der Waals surface area contributed by atoms with Crippen LogP contribution in [0.3, 0.4) is 0 Å². The Kier molecular flexibility index (Phi) is 7.82. The number of phenols is 1. The minimum absolute atomic E-state index is 0.00423. The van der Waals surface area contributed by atoms with Crippen LogP contribution in [-0.2, 0) is 27.2 Å². The Morgan fingerprint density at radius 1 is 0.953 bits per heavy atom. The van der Waals surface area contributed by atoms with Gasteiger partial charge in [-0.15, -0.1) is 0 Å². The monoisotopic (exact) mass is 577 g/mol. The Morgan fingerprint density at radius 2 is 1.70 bits per heavy atom. The van der Waals surface area contributed by atoms with Crippen LogP contribution in [0.25, 0.3) is 10.9 Å². The summed E-state index contributed by atoms with van der Waals surface area (Å²) in [5.74, 6) is -0.359. The molecule has 2 aliphatic heterocycles. The van der Waals surface area contributed by atoms with Gasteiger partial charge in [-0.1, -0.05) is 66.7 Å². The molecule has 9 heteroatoms. The van der Waals surface area contributed by atoms with Crippen LogP contribution in [0.1, 0.15) is 36.1 Å². The molecule has 2 fully saturated rings. The number of aromatic hydroxyl groups is 1. The molecule has 2 aliphatic rings. The molecule has 3 aromatic carbocycles. The fourth-order valence-electron chi connectivity index (χ4n) is 6.38. The minimum Gasteiger partial charge on any atom is -0.508 e. The molecule has 6 rings (SSSR count). The molecular formula is C34H35N5O4. The molecular weight excluding hydrogens is 542 g/mol. The summed E-state index contributed by atoms with van der Waals surface area (Å²) < 4.78 is 0. The van der Waals surface area contributed by atoms with Gasteiger partial charge in [0, 0.05) is 37.0 Å². The summed E-state index contributed by atoms with van der Waals surface area (Å²) in [4.78, 5) is 49.9. The third kappa shape index (κ3) is 5.56. The molecule has 3 amide bonds. The van der Waals surface area contributed by atoms with E-state index in [4.69, 9.17) is 0 Å². The molecule has 3 atom stereocenters. The van der Waals surface area contributed by atoms with E-state index in [1.54, 1.807) is 57.3 Å². The number of piperazine rings is 1. The average Bonchev–Trinajstić information content (AvgIpc) is 3.02. The van der Waals surface area contributed by atoms with Crippen molar-refractivity contribution in [1.29, 1.82) is 0 Å². The van der Waals surface area contributed by atoms with Crippen molar-refractivity contribution in [1.82, 2.24) is 24.8 Å². The fraction of sp³-hybridized carbons (Fsp3) is 0.294.